The van der Waals surface area contributed by atoms with Crippen molar-refractivity contribution in [2.45, 2.75) is 57.0 Å². The van der Waals surface area contributed by atoms with Gasteiger partial charge in [0.25, 0.3) is 5.91 Å². The van der Waals surface area contributed by atoms with Gasteiger partial charge >= 0.3 is 0 Å². The maximum atomic E-state index is 11.7. The minimum absolute atomic E-state index is 0.220. The molecule has 7 N–H and O–H groups in total. The van der Waals surface area contributed by atoms with Crippen molar-refractivity contribution in [3.63, 3.8) is 0 Å². The number of nitrogens with two attached hydrogens (primary N) is 1. The molecule has 1 rings (SSSR count). The molecule has 0 unspecified atom stereocenters. The van der Waals surface area contributed by atoms with Crippen LogP contribution in [0.25, 0.3) is 0 Å². The summed E-state index contributed by atoms with van der Waals surface area (Å²) >= 11 is 0. The molecule has 0 aliphatic carbocycles. The largest absolute Gasteiger partial charge is 0.394 e. The third-order valence-corrected chi connectivity index (χ3v) is 3.19. The second kappa shape index (κ2) is 7.99. The molecule has 0 saturated carbocycles. The summed E-state index contributed by atoms with van der Waals surface area (Å²) in [7, 11) is 0. The van der Waals surface area contributed by atoms with Crippen LogP contribution in [0, 0.1) is 5.92 Å². The number of ether oxygens (including phenoxy) is 1. The third kappa shape index (κ3) is 4.85. The first-order chi connectivity index (χ1) is 9.77. The van der Waals surface area contributed by atoms with Crippen molar-refractivity contribution in [3.8, 4) is 0 Å². The Balaban J connectivity index is 2.52. The quantitative estimate of drug-likeness (QED) is 0.288. The van der Waals surface area contributed by atoms with Crippen molar-refractivity contribution in [2.75, 3.05) is 6.61 Å². The van der Waals surface area contributed by atoms with Gasteiger partial charge in [-0.1, -0.05) is 13.8 Å². The molecule has 1 saturated heterocycles. The molecule has 1 amide bonds. The molecule has 1 aliphatic rings. The van der Waals surface area contributed by atoms with Gasteiger partial charge in [0.1, 0.15) is 24.4 Å². The van der Waals surface area contributed by atoms with Gasteiger partial charge in [-0.3, -0.25) is 4.79 Å². The summed E-state index contributed by atoms with van der Waals surface area (Å²) in [4.78, 5) is 16.5. The highest BCUT2D eigenvalue weighted by Crippen LogP contribution is 2.21. The highest BCUT2D eigenvalue weighted by atomic mass is 16.8. The Morgan fingerprint density at radius 3 is 2.43 bits per heavy atom. The van der Waals surface area contributed by atoms with Crippen LogP contribution >= 0.6 is 0 Å². The number of hydrogen-bond acceptors (Lipinski definition) is 8. The number of aliphatic hydroxyl groups is 4. The SMILES string of the molecule is CC(C)C[C@H](N)C(=O)NO[C@@H]1O[C@H](CO)[C@@H](O)[C@H](O)[C@H]1O. The summed E-state index contributed by atoms with van der Waals surface area (Å²) < 4.78 is 5.05. The molecule has 1 fully saturated rings. The molecule has 9 nitrogen and oxygen atoms in total. The number of hydroxylamine groups is 1. The lowest BCUT2D eigenvalue weighted by molar-refractivity contribution is -0.313. The fourth-order valence-electron chi connectivity index (χ4n) is 1.97. The number of carbonyl (C=O) groups is 1. The Bertz CT molecular complexity index is 340. The predicted molar refractivity (Wildman–Crippen MR) is 70.4 cm³/mol. The molecule has 0 aromatic heterocycles. The van der Waals surface area contributed by atoms with Crippen molar-refractivity contribution < 1.29 is 34.8 Å². The zero-order valence-electron chi connectivity index (χ0n) is 12.0. The average molecular weight is 308 g/mol. The first-order valence-electron chi connectivity index (χ1n) is 6.79. The van der Waals surface area contributed by atoms with Crippen molar-refractivity contribution in [3.05, 3.63) is 0 Å². The molecule has 9 heteroatoms. The Morgan fingerprint density at radius 2 is 1.90 bits per heavy atom. The Labute approximate surface area is 122 Å². The van der Waals surface area contributed by atoms with Crippen molar-refractivity contribution >= 4 is 5.91 Å². The second-order valence-corrected chi connectivity index (χ2v) is 5.52. The minimum atomic E-state index is -1.58. The second-order valence-electron chi connectivity index (χ2n) is 5.52. The number of rotatable bonds is 6. The maximum absolute atomic E-state index is 11.7. The van der Waals surface area contributed by atoms with E-state index in [0.29, 0.717) is 6.42 Å². The van der Waals surface area contributed by atoms with E-state index in [0.717, 1.165) is 0 Å². The normalized spacial score (nSPS) is 34.8. The van der Waals surface area contributed by atoms with Crippen LogP contribution in [0.3, 0.4) is 0 Å². The Hall–Kier alpha value is -0.810. The number of amides is 1. The molecule has 1 aliphatic heterocycles. The molecule has 0 aromatic carbocycles. The van der Waals surface area contributed by atoms with E-state index in [1.54, 1.807) is 0 Å². The van der Waals surface area contributed by atoms with Gasteiger partial charge in [-0.25, -0.2) is 10.3 Å². The summed E-state index contributed by atoms with van der Waals surface area (Å²) in [5, 5.41) is 37.8. The summed E-state index contributed by atoms with van der Waals surface area (Å²) in [6, 6.07) is -0.783. The topological polar surface area (TPSA) is 154 Å². The average Bonchev–Trinajstić information content (AvgIpc) is 2.43. The smallest absolute Gasteiger partial charge is 0.260 e. The van der Waals surface area contributed by atoms with Gasteiger partial charge in [-0.05, 0) is 12.3 Å². The van der Waals surface area contributed by atoms with Crippen LogP contribution in [-0.2, 0) is 14.4 Å². The number of carbonyl (C=O) groups excluding carboxylic acids is 1. The molecule has 0 spiro atoms. The van der Waals surface area contributed by atoms with E-state index in [1.807, 2.05) is 19.3 Å². The fourth-order valence-corrected chi connectivity index (χ4v) is 1.97. The zero-order chi connectivity index (χ0) is 16.2. The van der Waals surface area contributed by atoms with E-state index >= 15 is 0 Å². The summed E-state index contributed by atoms with van der Waals surface area (Å²) in [5.74, 6) is -0.376. The van der Waals surface area contributed by atoms with Gasteiger partial charge in [0.15, 0.2) is 0 Å². The molecule has 21 heavy (non-hydrogen) atoms. The first-order valence-corrected chi connectivity index (χ1v) is 6.79. The number of hydrogen-bond donors (Lipinski definition) is 6. The Morgan fingerprint density at radius 1 is 1.29 bits per heavy atom. The van der Waals surface area contributed by atoms with Crippen LogP contribution in [-0.4, -0.2) is 69.7 Å². The zero-order valence-corrected chi connectivity index (χ0v) is 12.0. The molecule has 1 heterocycles. The molecule has 0 aromatic rings. The van der Waals surface area contributed by atoms with Gasteiger partial charge in [0, 0.05) is 0 Å². The molecular formula is C12H24N2O7. The van der Waals surface area contributed by atoms with E-state index < -0.39 is 49.3 Å². The van der Waals surface area contributed by atoms with Crippen LogP contribution in [0.4, 0.5) is 0 Å². The lowest BCUT2D eigenvalue weighted by Crippen LogP contribution is -2.60. The fraction of sp³-hybridized carbons (Fsp3) is 0.917. The summed E-state index contributed by atoms with van der Waals surface area (Å²) in [6.07, 6.45) is -6.70. The molecule has 124 valence electrons. The van der Waals surface area contributed by atoms with Gasteiger partial charge < -0.3 is 30.9 Å². The van der Waals surface area contributed by atoms with E-state index in [-0.39, 0.29) is 5.92 Å². The van der Waals surface area contributed by atoms with E-state index in [2.05, 4.69) is 0 Å². The van der Waals surface area contributed by atoms with Gasteiger partial charge in [-0.15, -0.1) is 0 Å². The van der Waals surface area contributed by atoms with Crippen LogP contribution in [0.5, 0.6) is 0 Å². The molecule has 0 radical (unpaired) electrons. The van der Waals surface area contributed by atoms with Crippen molar-refractivity contribution in [1.29, 1.82) is 0 Å². The van der Waals surface area contributed by atoms with Crippen LogP contribution in [0.15, 0.2) is 0 Å². The monoisotopic (exact) mass is 308 g/mol. The van der Waals surface area contributed by atoms with Gasteiger partial charge in [-0.2, -0.15) is 0 Å². The predicted octanol–water partition coefficient (Wildman–Crippen LogP) is -2.79. The van der Waals surface area contributed by atoms with E-state index in [1.165, 1.54) is 0 Å². The van der Waals surface area contributed by atoms with Crippen LogP contribution < -0.4 is 11.2 Å². The standard InChI is InChI=1S/C12H24N2O7/c1-5(2)3-6(13)11(19)14-21-12-10(18)9(17)8(16)7(4-15)20-12/h5-10,12,15-18H,3-4,13H2,1-2H3,(H,14,19)/t6-,7+,8+,9-,10+,12-/m0/s1. The van der Waals surface area contributed by atoms with Crippen molar-refractivity contribution in [2.24, 2.45) is 11.7 Å². The van der Waals surface area contributed by atoms with Crippen LogP contribution in [0.1, 0.15) is 20.3 Å². The molecule has 0 bridgehead atoms. The Kier molecular flexibility index (Phi) is 6.94. The van der Waals surface area contributed by atoms with E-state index in [4.69, 9.17) is 20.4 Å². The highest BCUT2D eigenvalue weighted by Gasteiger charge is 2.44. The van der Waals surface area contributed by atoms with Crippen LogP contribution in [0.2, 0.25) is 0 Å². The van der Waals surface area contributed by atoms with Crippen molar-refractivity contribution in [1.82, 2.24) is 5.48 Å². The number of aliphatic hydroxyl groups excluding tert-OH is 4. The number of nitrogens with one attached hydrogen (secondary N) is 1. The van der Waals surface area contributed by atoms with Gasteiger partial charge in [0.05, 0.1) is 12.6 Å². The van der Waals surface area contributed by atoms with E-state index in [9.17, 15) is 20.1 Å². The van der Waals surface area contributed by atoms with Gasteiger partial charge in [0.2, 0.25) is 6.29 Å². The minimum Gasteiger partial charge on any atom is -0.394 e. The summed E-state index contributed by atoms with van der Waals surface area (Å²) in [6.45, 7) is 3.24. The molecular weight excluding hydrogens is 284 g/mol. The lowest BCUT2D eigenvalue weighted by atomic mass is 9.99. The third-order valence-electron chi connectivity index (χ3n) is 3.19. The summed E-state index contributed by atoms with van der Waals surface area (Å²) in [5.41, 5.74) is 7.69. The molecule has 6 atom stereocenters. The first kappa shape index (κ1) is 18.2. The lowest BCUT2D eigenvalue weighted by Gasteiger charge is -2.39. The maximum Gasteiger partial charge on any atom is 0.260 e. The highest BCUT2D eigenvalue weighted by molar-refractivity contribution is 5.80.